The Balaban J connectivity index is 2.57. The van der Waals surface area contributed by atoms with Crippen LogP contribution in [0, 0.1) is 0 Å². The summed E-state index contributed by atoms with van der Waals surface area (Å²) in [5, 5.41) is 8.95. The molecule has 0 saturated carbocycles. The number of aromatic carboxylic acids is 1. The van der Waals surface area contributed by atoms with Crippen LogP contribution in [0.4, 0.5) is 5.69 Å². The van der Waals surface area contributed by atoms with E-state index in [1.807, 2.05) is 11.9 Å². The Morgan fingerprint density at radius 1 is 1.56 bits per heavy atom. The van der Waals surface area contributed by atoms with Crippen molar-refractivity contribution < 1.29 is 19.4 Å². The number of anilines is 1. The zero-order chi connectivity index (χ0) is 11.7. The van der Waals surface area contributed by atoms with Gasteiger partial charge in [-0.05, 0) is 12.1 Å². The molecule has 1 aromatic rings. The van der Waals surface area contributed by atoms with E-state index in [9.17, 15) is 4.79 Å². The number of likely N-dealkylation sites (N-methyl/N-ethyl adjacent to an activating group) is 1. The predicted molar refractivity (Wildman–Crippen MR) is 58.7 cm³/mol. The van der Waals surface area contributed by atoms with Gasteiger partial charge in [0.15, 0.2) is 0 Å². The molecule has 0 amide bonds. The Bertz CT molecular complexity index is 413. The van der Waals surface area contributed by atoms with Crippen LogP contribution in [0.1, 0.15) is 10.4 Å². The van der Waals surface area contributed by atoms with E-state index in [0.717, 1.165) is 12.2 Å². The molecule has 86 valence electrons. The van der Waals surface area contributed by atoms with E-state index < -0.39 is 5.97 Å². The maximum Gasteiger partial charge on any atom is 0.335 e. The number of fused-ring (bicyclic) bond motifs is 1. The van der Waals surface area contributed by atoms with Crippen molar-refractivity contribution in [3.05, 3.63) is 17.7 Å². The van der Waals surface area contributed by atoms with Gasteiger partial charge < -0.3 is 19.5 Å². The highest BCUT2D eigenvalue weighted by atomic mass is 16.5. The summed E-state index contributed by atoms with van der Waals surface area (Å²) < 4.78 is 10.6. The lowest BCUT2D eigenvalue weighted by Gasteiger charge is -2.29. The van der Waals surface area contributed by atoms with Crippen LogP contribution in [-0.2, 0) is 0 Å². The third-order valence-corrected chi connectivity index (χ3v) is 2.57. The van der Waals surface area contributed by atoms with Crippen LogP contribution < -0.4 is 14.4 Å². The van der Waals surface area contributed by atoms with Crippen LogP contribution in [0.25, 0.3) is 0 Å². The molecule has 5 heteroatoms. The topological polar surface area (TPSA) is 59.0 Å². The molecule has 0 spiro atoms. The zero-order valence-electron chi connectivity index (χ0n) is 9.19. The molecule has 0 bridgehead atoms. The number of nitrogens with zero attached hydrogens (tertiary/aromatic N) is 1. The largest absolute Gasteiger partial charge is 0.494 e. The number of carboxylic acid groups (broad SMARTS) is 1. The van der Waals surface area contributed by atoms with Gasteiger partial charge in [0.1, 0.15) is 23.8 Å². The maximum absolute atomic E-state index is 10.9. The van der Waals surface area contributed by atoms with Gasteiger partial charge in [-0.15, -0.1) is 0 Å². The second-order valence-corrected chi connectivity index (χ2v) is 3.60. The van der Waals surface area contributed by atoms with Gasteiger partial charge in [0.25, 0.3) is 0 Å². The lowest BCUT2D eigenvalue weighted by Crippen LogP contribution is -2.29. The highest BCUT2D eigenvalue weighted by molar-refractivity contribution is 5.91. The molecule has 5 nitrogen and oxygen atoms in total. The first-order valence-electron chi connectivity index (χ1n) is 4.92. The quantitative estimate of drug-likeness (QED) is 0.817. The van der Waals surface area contributed by atoms with Crippen LogP contribution in [0.5, 0.6) is 11.5 Å². The van der Waals surface area contributed by atoms with Crippen LogP contribution >= 0.6 is 0 Å². The summed E-state index contributed by atoms with van der Waals surface area (Å²) in [6.07, 6.45) is 0. The Kier molecular flexibility index (Phi) is 2.60. The van der Waals surface area contributed by atoms with Gasteiger partial charge in [-0.1, -0.05) is 0 Å². The summed E-state index contributed by atoms with van der Waals surface area (Å²) in [6, 6.07) is 3.03. The van der Waals surface area contributed by atoms with E-state index in [4.69, 9.17) is 14.6 Å². The van der Waals surface area contributed by atoms with Gasteiger partial charge in [-0.2, -0.15) is 0 Å². The molecule has 0 fully saturated rings. The molecule has 0 aromatic heterocycles. The monoisotopic (exact) mass is 223 g/mol. The summed E-state index contributed by atoms with van der Waals surface area (Å²) in [7, 11) is 3.44. The van der Waals surface area contributed by atoms with E-state index in [0.29, 0.717) is 18.1 Å². The number of rotatable bonds is 2. The van der Waals surface area contributed by atoms with Crippen molar-refractivity contribution in [2.24, 2.45) is 0 Å². The Labute approximate surface area is 93.2 Å². The lowest BCUT2D eigenvalue weighted by atomic mass is 10.1. The van der Waals surface area contributed by atoms with Crippen molar-refractivity contribution in [3.63, 3.8) is 0 Å². The van der Waals surface area contributed by atoms with Crippen LogP contribution in [0.2, 0.25) is 0 Å². The second-order valence-electron chi connectivity index (χ2n) is 3.60. The average molecular weight is 223 g/mol. The Morgan fingerprint density at radius 3 is 2.94 bits per heavy atom. The molecule has 0 atom stereocenters. The van der Waals surface area contributed by atoms with Crippen LogP contribution in [0.3, 0.4) is 0 Å². The maximum atomic E-state index is 10.9. The Hall–Kier alpha value is -1.91. The molecule has 0 aliphatic carbocycles. The fourth-order valence-electron chi connectivity index (χ4n) is 1.75. The van der Waals surface area contributed by atoms with Gasteiger partial charge in [-0.25, -0.2) is 4.79 Å². The molecule has 1 N–H and O–H groups in total. The van der Waals surface area contributed by atoms with E-state index in [1.165, 1.54) is 19.2 Å². The third kappa shape index (κ3) is 1.64. The predicted octanol–water partition coefficient (Wildman–Crippen LogP) is 1.22. The molecule has 1 aliphatic heterocycles. The van der Waals surface area contributed by atoms with Crippen LogP contribution in [-0.4, -0.2) is 38.4 Å². The Morgan fingerprint density at radius 2 is 2.31 bits per heavy atom. The number of ether oxygens (including phenoxy) is 2. The summed E-state index contributed by atoms with van der Waals surface area (Å²) in [5.41, 5.74) is 0.977. The van der Waals surface area contributed by atoms with Crippen molar-refractivity contribution in [2.75, 3.05) is 32.2 Å². The van der Waals surface area contributed by atoms with E-state index >= 15 is 0 Å². The molecule has 1 aliphatic rings. The number of methoxy groups -OCH3 is 1. The lowest BCUT2D eigenvalue weighted by molar-refractivity contribution is 0.0696. The summed E-state index contributed by atoms with van der Waals surface area (Å²) >= 11 is 0. The number of carboxylic acids is 1. The van der Waals surface area contributed by atoms with Gasteiger partial charge in [-0.3, -0.25) is 0 Å². The van der Waals surface area contributed by atoms with Gasteiger partial charge in [0.05, 0.1) is 19.2 Å². The van der Waals surface area contributed by atoms with Crippen molar-refractivity contribution in [1.82, 2.24) is 0 Å². The molecule has 1 aromatic carbocycles. The normalized spacial score (nSPS) is 14.0. The minimum absolute atomic E-state index is 0.172. The molecule has 0 radical (unpaired) electrons. The van der Waals surface area contributed by atoms with Crippen molar-refractivity contribution in [3.8, 4) is 11.5 Å². The first-order valence-corrected chi connectivity index (χ1v) is 4.92. The number of carbonyl (C=O) groups is 1. The minimum atomic E-state index is -0.988. The molecule has 0 unspecified atom stereocenters. The number of hydrogen-bond acceptors (Lipinski definition) is 4. The molecule has 1 heterocycles. The highest BCUT2D eigenvalue weighted by Crippen LogP contribution is 2.40. The summed E-state index contributed by atoms with van der Waals surface area (Å²) in [6.45, 7) is 1.31. The number of hydrogen-bond donors (Lipinski definition) is 1. The molecule has 2 rings (SSSR count). The first kappa shape index (κ1) is 10.6. The smallest absolute Gasteiger partial charge is 0.335 e. The van der Waals surface area contributed by atoms with E-state index in [-0.39, 0.29) is 5.56 Å². The van der Waals surface area contributed by atoms with Crippen molar-refractivity contribution >= 4 is 11.7 Å². The summed E-state index contributed by atoms with van der Waals surface area (Å²) in [4.78, 5) is 12.9. The third-order valence-electron chi connectivity index (χ3n) is 2.57. The SMILES string of the molecule is COc1cc(C(=O)O)cc2c1N(C)CCO2. The van der Waals surface area contributed by atoms with E-state index in [1.54, 1.807) is 0 Å². The van der Waals surface area contributed by atoms with E-state index in [2.05, 4.69) is 0 Å². The van der Waals surface area contributed by atoms with Crippen LogP contribution in [0.15, 0.2) is 12.1 Å². The average Bonchev–Trinajstić information content (AvgIpc) is 2.27. The molecular weight excluding hydrogens is 210 g/mol. The molecule has 0 saturated heterocycles. The number of benzene rings is 1. The summed E-state index contributed by atoms with van der Waals surface area (Å²) in [5.74, 6) is 0.0977. The fraction of sp³-hybridized carbons (Fsp3) is 0.364. The zero-order valence-corrected chi connectivity index (χ0v) is 9.19. The minimum Gasteiger partial charge on any atom is -0.494 e. The van der Waals surface area contributed by atoms with Gasteiger partial charge in [0, 0.05) is 7.05 Å². The molecular formula is C11H13NO4. The van der Waals surface area contributed by atoms with Gasteiger partial charge in [0.2, 0.25) is 0 Å². The van der Waals surface area contributed by atoms with Crippen molar-refractivity contribution in [1.29, 1.82) is 0 Å². The highest BCUT2D eigenvalue weighted by Gasteiger charge is 2.22. The first-order chi connectivity index (χ1) is 7.63. The van der Waals surface area contributed by atoms with Crippen molar-refractivity contribution in [2.45, 2.75) is 0 Å². The standard InChI is InChI=1S/C11H13NO4/c1-12-3-4-16-9-6-7(11(13)14)5-8(15-2)10(9)12/h5-6H,3-4H2,1-2H3,(H,13,14). The fourth-order valence-corrected chi connectivity index (χ4v) is 1.75. The molecule has 16 heavy (non-hydrogen) atoms. The second kappa shape index (κ2) is 3.92. The van der Waals surface area contributed by atoms with Gasteiger partial charge >= 0.3 is 5.97 Å².